The van der Waals surface area contributed by atoms with Gasteiger partial charge in [0, 0.05) is 13.5 Å². The fraction of sp³-hybridized carbons (Fsp3) is 0.278. The smallest absolute Gasteiger partial charge is 0.242 e. The number of amides is 1. The minimum Gasteiger partial charge on any atom is -0.489 e. The predicted molar refractivity (Wildman–Crippen MR) is 93.8 cm³/mol. The van der Waals surface area contributed by atoms with Crippen LogP contribution >= 0.6 is 11.6 Å². The van der Waals surface area contributed by atoms with Gasteiger partial charge in [-0.1, -0.05) is 29.8 Å². The number of carbonyl (C=O) groups is 1. The summed E-state index contributed by atoms with van der Waals surface area (Å²) in [5.41, 5.74) is 4.52. The van der Waals surface area contributed by atoms with E-state index in [1.165, 1.54) is 0 Å². The molecular weight excluding hydrogens is 328 g/mol. The highest BCUT2D eigenvalue weighted by molar-refractivity contribution is 6.32. The summed E-state index contributed by atoms with van der Waals surface area (Å²) in [6.45, 7) is 1.16. The molecule has 126 valence electrons. The number of ether oxygens (including phenoxy) is 2. The van der Waals surface area contributed by atoms with Gasteiger partial charge in [0.05, 0.1) is 30.3 Å². The van der Waals surface area contributed by atoms with Gasteiger partial charge in [0.2, 0.25) is 5.91 Å². The summed E-state index contributed by atoms with van der Waals surface area (Å²) >= 11 is 6.26. The molecule has 1 aliphatic rings. The van der Waals surface area contributed by atoms with E-state index < -0.39 is 0 Å². The number of anilines is 1. The Bertz CT molecular complexity index is 722. The van der Waals surface area contributed by atoms with Crippen molar-refractivity contribution in [1.82, 2.24) is 5.43 Å². The number of halogens is 1. The number of hydrogen-bond acceptors (Lipinski definition) is 4. The van der Waals surface area contributed by atoms with Gasteiger partial charge < -0.3 is 9.47 Å². The number of nitrogens with zero attached hydrogens (tertiary/aromatic N) is 1. The summed E-state index contributed by atoms with van der Waals surface area (Å²) in [5, 5.41) is 2.15. The number of benzene rings is 2. The lowest BCUT2D eigenvalue weighted by atomic mass is 10.1. The molecule has 1 N–H and O–H groups in total. The average molecular weight is 347 g/mol. The van der Waals surface area contributed by atoms with Crippen LogP contribution in [0.3, 0.4) is 0 Å². The van der Waals surface area contributed by atoms with Crippen molar-refractivity contribution in [1.29, 1.82) is 0 Å². The molecule has 2 aromatic rings. The Morgan fingerprint density at radius 1 is 1.21 bits per heavy atom. The van der Waals surface area contributed by atoms with Crippen LogP contribution in [0.5, 0.6) is 11.5 Å². The third-order valence-electron chi connectivity index (χ3n) is 3.66. The van der Waals surface area contributed by atoms with Crippen LogP contribution in [0.15, 0.2) is 42.5 Å². The summed E-state index contributed by atoms with van der Waals surface area (Å²) in [5.74, 6) is 1.02. The third-order valence-corrected chi connectivity index (χ3v) is 3.94. The SMILES string of the molecule is CN(NC(=O)Cc1cc(Cl)c2c(c1)OCCCO2)c1ccccc1. The quantitative estimate of drug-likeness (QED) is 0.864. The third kappa shape index (κ3) is 3.92. The van der Waals surface area contributed by atoms with Gasteiger partial charge in [-0.3, -0.25) is 15.2 Å². The number of para-hydroxylation sites is 1. The molecule has 5 nitrogen and oxygen atoms in total. The first-order valence-corrected chi connectivity index (χ1v) is 8.17. The molecule has 24 heavy (non-hydrogen) atoms. The van der Waals surface area contributed by atoms with Gasteiger partial charge in [0.15, 0.2) is 11.5 Å². The van der Waals surface area contributed by atoms with Crippen molar-refractivity contribution >= 4 is 23.2 Å². The van der Waals surface area contributed by atoms with Gasteiger partial charge in [0.1, 0.15) is 0 Å². The first-order valence-electron chi connectivity index (χ1n) is 7.80. The van der Waals surface area contributed by atoms with Gasteiger partial charge in [-0.2, -0.15) is 0 Å². The molecule has 3 rings (SSSR count). The summed E-state index contributed by atoms with van der Waals surface area (Å²) in [6, 6.07) is 13.2. The Labute approximate surface area is 146 Å². The number of fused-ring (bicyclic) bond motifs is 1. The van der Waals surface area contributed by atoms with Crippen molar-refractivity contribution in [2.75, 3.05) is 25.3 Å². The van der Waals surface area contributed by atoms with Crippen molar-refractivity contribution in [2.24, 2.45) is 0 Å². The molecule has 0 fully saturated rings. The molecule has 1 aliphatic heterocycles. The zero-order valence-electron chi connectivity index (χ0n) is 13.4. The van der Waals surface area contributed by atoms with E-state index in [4.69, 9.17) is 21.1 Å². The second kappa shape index (κ2) is 7.45. The fourth-order valence-corrected chi connectivity index (χ4v) is 2.80. The van der Waals surface area contributed by atoms with Crippen LogP contribution < -0.4 is 19.9 Å². The maximum absolute atomic E-state index is 12.3. The Morgan fingerprint density at radius 3 is 2.75 bits per heavy atom. The van der Waals surface area contributed by atoms with Crippen molar-refractivity contribution < 1.29 is 14.3 Å². The van der Waals surface area contributed by atoms with E-state index in [0.717, 1.165) is 17.7 Å². The molecular formula is C18H19ClN2O3. The Hall–Kier alpha value is -2.40. The van der Waals surface area contributed by atoms with Crippen molar-refractivity contribution in [3.05, 3.63) is 53.1 Å². The Morgan fingerprint density at radius 2 is 1.96 bits per heavy atom. The topological polar surface area (TPSA) is 50.8 Å². The average Bonchev–Trinajstić information content (AvgIpc) is 2.81. The zero-order valence-corrected chi connectivity index (χ0v) is 14.2. The molecule has 0 radical (unpaired) electrons. The van der Waals surface area contributed by atoms with E-state index in [1.807, 2.05) is 36.4 Å². The minimum atomic E-state index is -0.132. The first kappa shape index (κ1) is 16.5. The van der Waals surface area contributed by atoms with Gasteiger partial charge in [-0.05, 0) is 29.8 Å². The van der Waals surface area contributed by atoms with Crippen LogP contribution in [0.4, 0.5) is 5.69 Å². The maximum atomic E-state index is 12.3. The van der Waals surface area contributed by atoms with Crippen LogP contribution in [-0.2, 0) is 11.2 Å². The van der Waals surface area contributed by atoms with Crippen LogP contribution in [0.2, 0.25) is 5.02 Å². The molecule has 0 aliphatic carbocycles. The van der Waals surface area contributed by atoms with Crippen molar-refractivity contribution in [3.63, 3.8) is 0 Å². The number of nitrogens with one attached hydrogen (secondary N) is 1. The second-order valence-electron chi connectivity index (χ2n) is 5.56. The Kier molecular flexibility index (Phi) is 5.11. The van der Waals surface area contributed by atoms with Crippen molar-refractivity contribution in [2.45, 2.75) is 12.8 Å². The number of hydrogen-bond donors (Lipinski definition) is 1. The normalized spacial score (nSPS) is 13.1. The molecule has 0 aromatic heterocycles. The van der Waals surface area contributed by atoms with Crippen LogP contribution in [0.25, 0.3) is 0 Å². The van der Waals surface area contributed by atoms with E-state index in [0.29, 0.717) is 29.7 Å². The highest BCUT2D eigenvalue weighted by Crippen LogP contribution is 2.38. The largest absolute Gasteiger partial charge is 0.489 e. The van der Waals surface area contributed by atoms with E-state index in [9.17, 15) is 4.79 Å². The lowest BCUT2D eigenvalue weighted by Crippen LogP contribution is -2.40. The molecule has 0 saturated carbocycles. The highest BCUT2D eigenvalue weighted by Gasteiger charge is 2.17. The number of hydrazine groups is 1. The zero-order chi connectivity index (χ0) is 16.9. The molecule has 0 saturated heterocycles. The molecule has 0 spiro atoms. The molecule has 2 aromatic carbocycles. The predicted octanol–water partition coefficient (Wildman–Crippen LogP) is 3.21. The van der Waals surface area contributed by atoms with E-state index in [-0.39, 0.29) is 12.3 Å². The van der Waals surface area contributed by atoms with E-state index >= 15 is 0 Å². The summed E-state index contributed by atoms with van der Waals surface area (Å²) < 4.78 is 11.2. The monoisotopic (exact) mass is 346 g/mol. The maximum Gasteiger partial charge on any atom is 0.242 e. The lowest BCUT2D eigenvalue weighted by Gasteiger charge is -2.20. The number of rotatable bonds is 4. The van der Waals surface area contributed by atoms with E-state index in [2.05, 4.69) is 5.43 Å². The van der Waals surface area contributed by atoms with Gasteiger partial charge in [-0.15, -0.1) is 0 Å². The molecule has 1 heterocycles. The van der Waals surface area contributed by atoms with Crippen LogP contribution in [0.1, 0.15) is 12.0 Å². The van der Waals surface area contributed by atoms with E-state index in [1.54, 1.807) is 18.1 Å². The van der Waals surface area contributed by atoms with Gasteiger partial charge in [0.25, 0.3) is 0 Å². The molecule has 1 amide bonds. The van der Waals surface area contributed by atoms with Crippen molar-refractivity contribution in [3.8, 4) is 11.5 Å². The summed E-state index contributed by atoms with van der Waals surface area (Å²) in [7, 11) is 1.80. The highest BCUT2D eigenvalue weighted by atomic mass is 35.5. The Balaban J connectivity index is 1.68. The summed E-state index contributed by atoms with van der Waals surface area (Å²) in [4.78, 5) is 12.3. The lowest BCUT2D eigenvalue weighted by molar-refractivity contribution is -0.120. The first-order chi connectivity index (χ1) is 11.6. The molecule has 6 heteroatoms. The fourth-order valence-electron chi connectivity index (χ4n) is 2.51. The summed E-state index contributed by atoms with van der Waals surface area (Å²) in [6.07, 6.45) is 1.01. The van der Waals surface area contributed by atoms with Gasteiger partial charge in [-0.25, -0.2) is 0 Å². The standard InChI is InChI=1S/C18H19ClN2O3/c1-21(14-6-3-2-4-7-14)20-17(22)12-13-10-15(19)18-16(11-13)23-8-5-9-24-18/h2-4,6-7,10-11H,5,8-9,12H2,1H3,(H,20,22). The molecule has 0 atom stereocenters. The second-order valence-corrected chi connectivity index (χ2v) is 5.97. The van der Waals surface area contributed by atoms with Gasteiger partial charge >= 0.3 is 0 Å². The van der Waals surface area contributed by atoms with Crippen LogP contribution in [-0.4, -0.2) is 26.2 Å². The molecule has 0 unspecified atom stereocenters. The number of carbonyl (C=O) groups excluding carboxylic acids is 1. The minimum absolute atomic E-state index is 0.132. The van der Waals surface area contributed by atoms with Crippen LogP contribution in [0, 0.1) is 0 Å². The molecule has 0 bridgehead atoms.